The Kier molecular flexibility index (Phi) is 6.28. The maximum absolute atomic E-state index is 8.66. The average Bonchev–Trinajstić information content (AvgIpc) is 3.96. The second kappa shape index (κ2) is 12.1. The van der Waals surface area contributed by atoms with Crippen LogP contribution in [0.15, 0.2) is 152 Å². The van der Waals surface area contributed by atoms with Gasteiger partial charge in [-0.2, -0.15) is 0 Å². The van der Waals surface area contributed by atoms with E-state index in [-0.39, 0.29) is 5.56 Å². The molecule has 0 aliphatic rings. The monoisotopic (exact) mass is 915 g/mol. The molecule has 0 fully saturated rings. The van der Waals surface area contributed by atoms with Gasteiger partial charge in [-0.15, -0.1) is 0 Å². The average molecular weight is 916 g/mol. The Bertz CT molecular complexity index is 3780. The van der Waals surface area contributed by atoms with Crippen LogP contribution in [0.4, 0.5) is 0 Å². The van der Waals surface area contributed by atoms with Crippen LogP contribution in [0.3, 0.4) is 0 Å². The van der Waals surface area contributed by atoms with Crippen molar-refractivity contribution in [2.24, 2.45) is 7.05 Å². The van der Waals surface area contributed by atoms with Crippen molar-refractivity contribution in [3.63, 3.8) is 0 Å². The molecule has 7 heteroatoms. The number of fused-ring (bicyclic) bond motifs is 10. The molecule has 0 atom stereocenters. The van der Waals surface area contributed by atoms with Gasteiger partial charge in [0.2, 0.25) is 0 Å². The quantitative estimate of drug-likeness (QED) is 0.161. The number of nitrogens with zero attached hydrogens (tertiary/aromatic N) is 5. The number of para-hydroxylation sites is 4. The standard InChI is InChI=1S/C50H31N5O.Pt/c1-31-24-49(51-29-42(31)32-12-4-3-5-13-32)54-46-26-35(56-34-15-10-14-33(25-34)53-30-52(2)44-20-8-9-21-45(44)53)22-23-37(46)40-27-41-39-18-11-17-38-36-16-6-7-19-43(36)55(50(38)39)48(41)28-47(40)54;/h3-24,27-29H,1-2H3;/q-2;/i1D3;. The summed E-state index contributed by atoms with van der Waals surface area (Å²) in [6, 6.07) is 56.1. The Morgan fingerprint density at radius 3 is 2.18 bits per heavy atom. The molecule has 0 bridgehead atoms. The van der Waals surface area contributed by atoms with Crippen LogP contribution in [0.5, 0.6) is 11.5 Å². The molecule has 0 N–H and O–H groups in total. The van der Waals surface area contributed by atoms with Gasteiger partial charge in [-0.3, -0.25) is 0 Å². The maximum atomic E-state index is 8.66. The molecule has 5 aromatic heterocycles. The van der Waals surface area contributed by atoms with Crippen LogP contribution in [0.1, 0.15) is 9.68 Å². The number of pyridine rings is 1. The molecule has 12 rings (SSSR count). The summed E-state index contributed by atoms with van der Waals surface area (Å²) in [6.07, 6.45) is 1.68. The Morgan fingerprint density at radius 1 is 0.596 bits per heavy atom. The summed E-state index contributed by atoms with van der Waals surface area (Å²) in [4.78, 5) is 5.01. The molecule has 0 saturated carbocycles. The van der Waals surface area contributed by atoms with E-state index in [1.807, 2.05) is 71.3 Å². The van der Waals surface area contributed by atoms with Gasteiger partial charge in [-0.25, -0.2) is 0 Å². The first kappa shape index (κ1) is 29.5. The molecule has 0 aliphatic carbocycles. The van der Waals surface area contributed by atoms with Gasteiger partial charge >= 0.3 is 194 Å². The molecule has 0 radical (unpaired) electrons. The third kappa shape index (κ3) is 4.68. The SMILES string of the molecule is [2H]C([2H])([2H])c1cc(-n2c3[c-]c(Oc4[c-]c(-n5[c](=[Pt])n(C)c6ccccc65)ccc4)ccc3c3cc4c5cccc6c7ccccc7n(c4cc32)c65)ncc1-c1ccccc1. The summed E-state index contributed by atoms with van der Waals surface area (Å²) < 4.78 is 42.3. The van der Waals surface area contributed by atoms with E-state index >= 15 is 0 Å². The first-order valence-corrected chi connectivity index (χ1v) is 19.8. The van der Waals surface area contributed by atoms with Gasteiger partial charge < -0.3 is 4.40 Å². The van der Waals surface area contributed by atoms with E-state index < -0.39 is 6.85 Å². The number of aromatic nitrogens is 5. The predicted molar refractivity (Wildman–Crippen MR) is 227 cm³/mol. The van der Waals surface area contributed by atoms with Crippen LogP contribution in [-0.4, -0.2) is 23.1 Å². The van der Waals surface area contributed by atoms with E-state index in [0.717, 1.165) is 58.8 Å². The second-order valence-electron chi connectivity index (χ2n) is 14.4. The van der Waals surface area contributed by atoms with Gasteiger partial charge in [0.1, 0.15) is 0 Å². The molecule has 6 nitrogen and oxygen atoms in total. The van der Waals surface area contributed by atoms with E-state index in [1.165, 1.54) is 21.7 Å². The van der Waals surface area contributed by atoms with Crippen LogP contribution >= 0.6 is 0 Å². The fraction of sp³-hybridized carbons (Fsp3) is 0.0400. The van der Waals surface area contributed by atoms with Crippen LogP contribution in [0, 0.1) is 22.8 Å². The molecule has 57 heavy (non-hydrogen) atoms. The fourth-order valence-electron chi connectivity index (χ4n) is 8.79. The zero-order valence-corrected chi connectivity index (χ0v) is 32.7. The van der Waals surface area contributed by atoms with Crippen molar-refractivity contribution in [2.45, 2.75) is 6.85 Å². The van der Waals surface area contributed by atoms with E-state index in [9.17, 15) is 0 Å². The molecule has 5 heterocycles. The summed E-state index contributed by atoms with van der Waals surface area (Å²) in [7, 11) is 2.06. The minimum atomic E-state index is -2.40. The van der Waals surface area contributed by atoms with Gasteiger partial charge in [0.05, 0.1) is 16.6 Å². The summed E-state index contributed by atoms with van der Waals surface area (Å²) in [5, 5.41) is 6.66. The van der Waals surface area contributed by atoms with Crippen molar-refractivity contribution in [3.8, 4) is 34.1 Å². The number of imidazole rings is 1. The Hall–Kier alpha value is -6.75. The first-order valence-electron chi connectivity index (χ1n) is 20.2. The van der Waals surface area contributed by atoms with Crippen LogP contribution in [0.25, 0.3) is 93.6 Å². The number of ether oxygens (including phenoxy) is 1. The topological polar surface area (TPSA) is 41.3 Å². The van der Waals surface area contributed by atoms with Gasteiger partial charge in [-0.05, 0) is 24.0 Å². The van der Waals surface area contributed by atoms with Crippen molar-refractivity contribution in [3.05, 3.63) is 173 Å². The molecule has 0 amide bonds. The normalized spacial score (nSPS) is 13.1. The van der Waals surface area contributed by atoms with E-state index in [0.29, 0.717) is 28.4 Å². The van der Waals surface area contributed by atoms with Gasteiger partial charge in [0.15, 0.2) is 0 Å². The van der Waals surface area contributed by atoms with Gasteiger partial charge in [0, 0.05) is 37.4 Å². The zero-order valence-electron chi connectivity index (χ0n) is 33.4. The molecular weight excluding hydrogens is 882 g/mol. The third-order valence-electron chi connectivity index (χ3n) is 11.3. The Labute approximate surface area is 342 Å². The number of benzene rings is 7. The Balaban J connectivity index is 1.10. The van der Waals surface area contributed by atoms with E-state index in [2.05, 4.69) is 125 Å². The molecule has 274 valence electrons. The van der Waals surface area contributed by atoms with Crippen molar-refractivity contribution < 1.29 is 28.2 Å². The summed E-state index contributed by atoms with van der Waals surface area (Å²) in [6.45, 7) is -2.40. The van der Waals surface area contributed by atoms with E-state index in [4.69, 9.17) is 13.8 Å². The van der Waals surface area contributed by atoms with Crippen LogP contribution < -0.4 is 4.74 Å². The van der Waals surface area contributed by atoms with Gasteiger partial charge in [0.25, 0.3) is 0 Å². The molecule has 0 saturated heterocycles. The number of aryl methyl sites for hydroxylation is 2. The molecule has 12 aromatic rings. The molecule has 0 aliphatic heterocycles. The molecular formula is C50H31N5OPt-2. The molecule has 0 unspecified atom stereocenters. The van der Waals surface area contributed by atoms with Crippen molar-refractivity contribution in [1.82, 2.24) is 23.1 Å². The Morgan fingerprint density at radius 2 is 1.32 bits per heavy atom. The number of rotatable bonds is 5. The minimum absolute atomic E-state index is 0.222. The molecule has 0 spiro atoms. The number of hydrogen-bond donors (Lipinski definition) is 0. The molecule has 7 aromatic carbocycles. The van der Waals surface area contributed by atoms with Crippen molar-refractivity contribution in [1.29, 1.82) is 0 Å². The van der Waals surface area contributed by atoms with Crippen molar-refractivity contribution in [2.75, 3.05) is 0 Å². The third-order valence-corrected chi connectivity index (χ3v) is 12.6. The summed E-state index contributed by atoms with van der Waals surface area (Å²) in [5.74, 6) is 1.50. The minimum Gasteiger partial charge on any atom is -0.0622 e. The predicted octanol–water partition coefficient (Wildman–Crippen LogP) is 12.1. The number of hydrogen-bond acceptors (Lipinski definition) is 2. The van der Waals surface area contributed by atoms with Gasteiger partial charge in [-0.1, -0.05) is 66.7 Å². The van der Waals surface area contributed by atoms with Crippen LogP contribution in [-0.2, 0) is 26.4 Å². The fourth-order valence-corrected chi connectivity index (χ4v) is 9.61. The summed E-state index contributed by atoms with van der Waals surface area (Å²) >= 11 is 2.34. The van der Waals surface area contributed by atoms with E-state index in [1.54, 1.807) is 12.3 Å². The van der Waals surface area contributed by atoms with Crippen LogP contribution in [0.2, 0.25) is 0 Å². The first-order chi connectivity index (χ1) is 29.2. The van der Waals surface area contributed by atoms with Crippen molar-refractivity contribution >= 4 is 70.9 Å². The summed E-state index contributed by atoms with van der Waals surface area (Å²) in [5.41, 5.74) is 9.59. The second-order valence-corrected chi connectivity index (χ2v) is 15.5. The zero-order chi connectivity index (χ0) is 40.4. The smallest absolute Gasteiger partial charge is 0.0622 e.